The van der Waals surface area contributed by atoms with Crippen molar-refractivity contribution in [1.82, 2.24) is 24.4 Å². The van der Waals surface area contributed by atoms with E-state index < -0.39 is 0 Å². The second kappa shape index (κ2) is 6.63. The number of aromatic nitrogens is 4. The first-order chi connectivity index (χ1) is 12.2. The maximum Gasteiger partial charge on any atom is 0.242 e. The standard InChI is InChI=1S/C19H21N5O/c1-14-22-16-4-2-3-5-18(16)24(14)13-19(25)23-10-6-15(7-11-23)17-12-20-8-9-21-17/h2-5,8-9,12,15H,6-7,10-11,13H2,1H3. The molecule has 25 heavy (non-hydrogen) atoms. The van der Waals surface area contributed by atoms with Crippen LogP contribution in [0.4, 0.5) is 0 Å². The Morgan fingerprint density at radius 3 is 2.76 bits per heavy atom. The monoisotopic (exact) mass is 335 g/mol. The zero-order chi connectivity index (χ0) is 17.2. The van der Waals surface area contributed by atoms with E-state index in [9.17, 15) is 4.79 Å². The fourth-order valence-corrected chi connectivity index (χ4v) is 3.58. The normalized spacial score (nSPS) is 15.6. The first-order valence-electron chi connectivity index (χ1n) is 8.68. The number of amides is 1. The van der Waals surface area contributed by atoms with Crippen molar-refractivity contribution in [3.63, 3.8) is 0 Å². The van der Waals surface area contributed by atoms with Crippen LogP contribution in [0.2, 0.25) is 0 Å². The summed E-state index contributed by atoms with van der Waals surface area (Å²) in [6, 6.07) is 7.95. The molecule has 1 saturated heterocycles. The highest BCUT2D eigenvalue weighted by molar-refractivity contribution is 5.81. The number of benzene rings is 1. The average Bonchev–Trinajstić information content (AvgIpc) is 2.98. The predicted molar refractivity (Wildman–Crippen MR) is 95.1 cm³/mol. The van der Waals surface area contributed by atoms with Gasteiger partial charge in [-0.2, -0.15) is 0 Å². The third kappa shape index (κ3) is 3.12. The molecule has 3 heterocycles. The molecule has 128 valence electrons. The molecule has 0 radical (unpaired) electrons. The average molecular weight is 335 g/mol. The summed E-state index contributed by atoms with van der Waals surface area (Å²) in [7, 11) is 0. The van der Waals surface area contributed by atoms with Gasteiger partial charge >= 0.3 is 0 Å². The summed E-state index contributed by atoms with van der Waals surface area (Å²) < 4.78 is 2.01. The number of carbonyl (C=O) groups is 1. The lowest BCUT2D eigenvalue weighted by molar-refractivity contribution is -0.132. The third-order valence-electron chi connectivity index (χ3n) is 4.99. The van der Waals surface area contributed by atoms with Crippen LogP contribution >= 0.6 is 0 Å². The van der Waals surface area contributed by atoms with Crippen molar-refractivity contribution < 1.29 is 4.79 Å². The van der Waals surface area contributed by atoms with Gasteiger partial charge < -0.3 is 9.47 Å². The van der Waals surface area contributed by atoms with Crippen molar-refractivity contribution in [1.29, 1.82) is 0 Å². The third-order valence-corrected chi connectivity index (χ3v) is 4.99. The first kappa shape index (κ1) is 15.7. The van der Waals surface area contributed by atoms with Gasteiger partial charge in [-0.05, 0) is 31.9 Å². The lowest BCUT2D eigenvalue weighted by Crippen LogP contribution is -2.40. The van der Waals surface area contributed by atoms with Gasteiger partial charge in [-0.25, -0.2) is 4.98 Å². The molecule has 3 aromatic rings. The molecule has 0 aliphatic carbocycles. The highest BCUT2D eigenvalue weighted by Gasteiger charge is 2.25. The van der Waals surface area contributed by atoms with Crippen molar-refractivity contribution >= 4 is 16.9 Å². The van der Waals surface area contributed by atoms with Crippen LogP contribution in [0.3, 0.4) is 0 Å². The molecule has 1 aliphatic rings. The zero-order valence-electron chi connectivity index (χ0n) is 14.3. The number of aryl methyl sites for hydroxylation is 1. The number of imidazole rings is 1. The Labute approximate surface area is 146 Å². The summed E-state index contributed by atoms with van der Waals surface area (Å²) in [6.07, 6.45) is 7.14. The summed E-state index contributed by atoms with van der Waals surface area (Å²) >= 11 is 0. The van der Waals surface area contributed by atoms with Gasteiger partial charge in [0.15, 0.2) is 0 Å². The fraction of sp³-hybridized carbons (Fsp3) is 0.368. The van der Waals surface area contributed by atoms with Gasteiger partial charge in [0.25, 0.3) is 0 Å². The second-order valence-electron chi connectivity index (χ2n) is 6.52. The summed E-state index contributed by atoms with van der Waals surface area (Å²) in [5, 5.41) is 0. The molecule has 0 bridgehead atoms. The molecule has 0 N–H and O–H groups in total. The number of rotatable bonds is 3. The molecule has 0 atom stereocenters. The van der Waals surface area contributed by atoms with E-state index in [2.05, 4.69) is 15.0 Å². The van der Waals surface area contributed by atoms with Crippen molar-refractivity contribution in [3.8, 4) is 0 Å². The Bertz CT molecular complexity index is 881. The minimum Gasteiger partial charge on any atom is -0.341 e. The van der Waals surface area contributed by atoms with E-state index in [0.29, 0.717) is 12.5 Å². The maximum atomic E-state index is 12.8. The van der Waals surface area contributed by atoms with Crippen LogP contribution in [-0.4, -0.2) is 43.4 Å². The minimum absolute atomic E-state index is 0.156. The van der Waals surface area contributed by atoms with Crippen molar-refractivity contribution in [2.75, 3.05) is 13.1 Å². The Balaban J connectivity index is 1.43. The molecule has 0 unspecified atom stereocenters. The van der Waals surface area contributed by atoms with E-state index in [1.807, 2.05) is 46.9 Å². The van der Waals surface area contributed by atoms with Gasteiger partial charge in [-0.3, -0.25) is 14.8 Å². The van der Waals surface area contributed by atoms with Crippen LogP contribution in [0.25, 0.3) is 11.0 Å². The molecule has 6 nitrogen and oxygen atoms in total. The van der Waals surface area contributed by atoms with Crippen molar-refractivity contribution in [2.45, 2.75) is 32.2 Å². The molecule has 1 amide bonds. The van der Waals surface area contributed by atoms with Crippen LogP contribution in [0.5, 0.6) is 0 Å². The van der Waals surface area contributed by atoms with E-state index in [4.69, 9.17) is 0 Å². The number of likely N-dealkylation sites (tertiary alicyclic amines) is 1. The molecular formula is C19H21N5O. The molecular weight excluding hydrogens is 314 g/mol. The molecule has 0 saturated carbocycles. The summed E-state index contributed by atoms with van der Waals surface area (Å²) in [5.41, 5.74) is 2.99. The SMILES string of the molecule is Cc1nc2ccccc2n1CC(=O)N1CCC(c2cnccn2)CC1. The van der Waals surface area contributed by atoms with Gasteiger partial charge in [0.05, 0.1) is 16.7 Å². The van der Waals surface area contributed by atoms with E-state index in [0.717, 1.165) is 48.5 Å². The first-order valence-corrected chi connectivity index (χ1v) is 8.68. The number of fused-ring (bicyclic) bond motifs is 1. The molecule has 1 aliphatic heterocycles. The molecule has 1 aromatic carbocycles. The molecule has 4 rings (SSSR count). The van der Waals surface area contributed by atoms with Crippen LogP contribution in [0.15, 0.2) is 42.9 Å². The second-order valence-corrected chi connectivity index (χ2v) is 6.52. The summed E-state index contributed by atoms with van der Waals surface area (Å²) in [5.74, 6) is 1.43. The largest absolute Gasteiger partial charge is 0.341 e. The molecule has 6 heteroatoms. The molecule has 2 aromatic heterocycles. The van der Waals surface area contributed by atoms with Crippen molar-refractivity contribution in [2.24, 2.45) is 0 Å². The number of piperidine rings is 1. The van der Waals surface area contributed by atoms with Crippen LogP contribution in [-0.2, 0) is 11.3 Å². The Morgan fingerprint density at radius 1 is 1.20 bits per heavy atom. The van der Waals surface area contributed by atoms with E-state index in [1.165, 1.54) is 0 Å². The Morgan fingerprint density at radius 2 is 2.00 bits per heavy atom. The summed E-state index contributed by atoms with van der Waals surface area (Å²) in [6.45, 7) is 3.84. The number of carbonyl (C=O) groups excluding carboxylic acids is 1. The van der Waals surface area contributed by atoms with Gasteiger partial charge in [0.1, 0.15) is 12.4 Å². The Kier molecular flexibility index (Phi) is 4.17. The highest BCUT2D eigenvalue weighted by Crippen LogP contribution is 2.26. The van der Waals surface area contributed by atoms with Gasteiger partial charge in [0.2, 0.25) is 5.91 Å². The highest BCUT2D eigenvalue weighted by atomic mass is 16.2. The Hall–Kier alpha value is -2.76. The molecule has 0 spiro atoms. The molecule has 1 fully saturated rings. The summed E-state index contributed by atoms with van der Waals surface area (Å²) in [4.78, 5) is 27.8. The van der Waals surface area contributed by atoms with Crippen LogP contribution < -0.4 is 0 Å². The van der Waals surface area contributed by atoms with Gasteiger partial charge in [-0.15, -0.1) is 0 Å². The number of hydrogen-bond acceptors (Lipinski definition) is 4. The van der Waals surface area contributed by atoms with Gasteiger partial charge in [0, 0.05) is 37.6 Å². The van der Waals surface area contributed by atoms with E-state index in [-0.39, 0.29) is 5.91 Å². The number of nitrogens with zero attached hydrogens (tertiary/aromatic N) is 5. The minimum atomic E-state index is 0.156. The smallest absolute Gasteiger partial charge is 0.242 e. The number of para-hydroxylation sites is 2. The van der Waals surface area contributed by atoms with E-state index in [1.54, 1.807) is 12.4 Å². The van der Waals surface area contributed by atoms with Crippen LogP contribution in [0, 0.1) is 6.92 Å². The fourth-order valence-electron chi connectivity index (χ4n) is 3.58. The lowest BCUT2D eigenvalue weighted by Gasteiger charge is -2.31. The lowest BCUT2D eigenvalue weighted by atomic mass is 9.94. The van der Waals surface area contributed by atoms with Crippen molar-refractivity contribution in [3.05, 3.63) is 54.4 Å². The quantitative estimate of drug-likeness (QED) is 0.738. The zero-order valence-corrected chi connectivity index (χ0v) is 14.3. The predicted octanol–water partition coefficient (Wildman–Crippen LogP) is 2.54. The maximum absolute atomic E-state index is 12.8. The van der Waals surface area contributed by atoms with Gasteiger partial charge in [-0.1, -0.05) is 12.1 Å². The van der Waals surface area contributed by atoms with E-state index >= 15 is 0 Å². The number of hydrogen-bond donors (Lipinski definition) is 0. The van der Waals surface area contributed by atoms with Crippen LogP contribution in [0.1, 0.15) is 30.3 Å². The topological polar surface area (TPSA) is 63.9 Å².